The van der Waals surface area contributed by atoms with Gasteiger partial charge < -0.3 is 9.73 Å². The Balaban J connectivity index is 2.15. The maximum Gasteiger partial charge on any atom is 0.165 e. The Labute approximate surface area is 117 Å². The molecule has 0 aliphatic rings. The van der Waals surface area contributed by atoms with Crippen molar-refractivity contribution >= 4 is 16.8 Å². The molecule has 102 valence electrons. The summed E-state index contributed by atoms with van der Waals surface area (Å²) in [4.78, 5) is 9.20. The predicted molar refractivity (Wildman–Crippen MR) is 80.8 cm³/mol. The van der Waals surface area contributed by atoms with E-state index in [4.69, 9.17) is 4.42 Å². The molecule has 2 heterocycles. The third kappa shape index (κ3) is 2.25. The number of hydrogen-bond acceptors (Lipinski definition) is 4. The zero-order valence-corrected chi connectivity index (χ0v) is 11.7. The zero-order chi connectivity index (χ0) is 13.9. The van der Waals surface area contributed by atoms with Crippen molar-refractivity contribution in [2.24, 2.45) is 0 Å². The summed E-state index contributed by atoms with van der Waals surface area (Å²) in [5.74, 6) is 1.57. The van der Waals surface area contributed by atoms with Crippen molar-refractivity contribution in [3.63, 3.8) is 0 Å². The van der Waals surface area contributed by atoms with Crippen LogP contribution in [0.1, 0.15) is 19.5 Å². The highest BCUT2D eigenvalue weighted by atomic mass is 16.3. The Bertz CT molecular complexity index is 733. The van der Waals surface area contributed by atoms with Gasteiger partial charge in [0.15, 0.2) is 5.82 Å². The number of aromatic nitrogens is 2. The highest BCUT2D eigenvalue weighted by molar-refractivity contribution is 5.92. The molecule has 1 aromatic carbocycles. The fourth-order valence-corrected chi connectivity index (χ4v) is 2.22. The Morgan fingerprint density at radius 2 is 2.00 bits per heavy atom. The second-order valence-corrected chi connectivity index (χ2v) is 4.60. The number of fused-ring (bicyclic) bond motifs is 1. The monoisotopic (exact) mass is 267 g/mol. The fourth-order valence-electron chi connectivity index (χ4n) is 2.22. The third-order valence-electron chi connectivity index (χ3n) is 3.22. The molecule has 4 heteroatoms. The largest absolute Gasteiger partial charge is 0.464 e. The Morgan fingerprint density at radius 1 is 1.15 bits per heavy atom. The van der Waals surface area contributed by atoms with Crippen LogP contribution >= 0.6 is 0 Å². The second-order valence-electron chi connectivity index (χ2n) is 4.60. The quantitative estimate of drug-likeness (QED) is 0.779. The van der Waals surface area contributed by atoms with E-state index in [-0.39, 0.29) is 0 Å². The maximum absolute atomic E-state index is 5.58. The molecule has 3 rings (SSSR count). The van der Waals surface area contributed by atoms with Gasteiger partial charge in [-0.3, -0.25) is 0 Å². The summed E-state index contributed by atoms with van der Waals surface area (Å²) in [6.07, 6.45) is 2.61. The Hall–Kier alpha value is -2.36. The lowest BCUT2D eigenvalue weighted by atomic mass is 10.1. The van der Waals surface area contributed by atoms with E-state index in [0.717, 1.165) is 41.0 Å². The smallest absolute Gasteiger partial charge is 0.165 e. The summed E-state index contributed by atoms with van der Waals surface area (Å²) < 4.78 is 5.58. The van der Waals surface area contributed by atoms with Gasteiger partial charge in [0.05, 0.1) is 5.56 Å². The van der Waals surface area contributed by atoms with Crippen LogP contribution in [0.15, 0.2) is 41.0 Å². The van der Waals surface area contributed by atoms with E-state index in [1.165, 1.54) is 0 Å². The molecule has 2 aromatic heterocycles. The first-order chi connectivity index (χ1) is 9.81. The highest BCUT2D eigenvalue weighted by Gasteiger charge is 2.12. The van der Waals surface area contributed by atoms with Crippen molar-refractivity contribution < 1.29 is 4.42 Å². The molecule has 0 fully saturated rings. The van der Waals surface area contributed by atoms with E-state index >= 15 is 0 Å². The molecule has 3 aromatic rings. The first-order valence-electron chi connectivity index (χ1n) is 6.90. The number of nitrogens with zero attached hydrogens (tertiary/aromatic N) is 2. The van der Waals surface area contributed by atoms with Crippen LogP contribution in [-0.4, -0.2) is 16.5 Å². The number of rotatable bonds is 4. The van der Waals surface area contributed by atoms with Gasteiger partial charge >= 0.3 is 0 Å². The van der Waals surface area contributed by atoms with Gasteiger partial charge in [0.25, 0.3) is 0 Å². The molecule has 20 heavy (non-hydrogen) atoms. The van der Waals surface area contributed by atoms with Crippen molar-refractivity contribution in [1.29, 1.82) is 0 Å². The normalized spacial score (nSPS) is 10.9. The SMILES string of the molecule is CCNc1cc(CC)nc(-c2coc3ccccc23)n1. The molecular weight excluding hydrogens is 250 g/mol. The molecule has 0 spiro atoms. The van der Waals surface area contributed by atoms with E-state index in [9.17, 15) is 0 Å². The minimum Gasteiger partial charge on any atom is -0.464 e. The molecule has 4 nitrogen and oxygen atoms in total. The summed E-state index contributed by atoms with van der Waals surface area (Å²) in [5.41, 5.74) is 2.82. The fraction of sp³-hybridized carbons (Fsp3) is 0.250. The van der Waals surface area contributed by atoms with Crippen LogP contribution in [0.2, 0.25) is 0 Å². The Morgan fingerprint density at radius 3 is 2.80 bits per heavy atom. The van der Waals surface area contributed by atoms with Crippen molar-refractivity contribution in [2.45, 2.75) is 20.3 Å². The average molecular weight is 267 g/mol. The van der Waals surface area contributed by atoms with E-state index in [1.807, 2.05) is 30.3 Å². The number of para-hydroxylation sites is 1. The van der Waals surface area contributed by atoms with Gasteiger partial charge in [-0.25, -0.2) is 9.97 Å². The molecule has 0 bridgehead atoms. The van der Waals surface area contributed by atoms with Gasteiger partial charge in [-0.2, -0.15) is 0 Å². The summed E-state index contributed by atoms with van der Waals surface area (Å²) in [5, 5.41) is 4.30. The summed E-state index contributed by atoms with van der Waals surface area (Å²) in [6, 6.07) is 9.94. The van der Waals surface area contributed by atoms with Crippen molar-refractivity contribution in [3.8, 4) is 11.4 Å². The lowest BCUT2D eigenvalue weighted by Crippen LogP contribution is -2.03. The molecule has 0 saturated carbocycles. The van der Waals surface area contributed by atoms with E-state index in [1.54, 1.807) is 6.26 Å². The van der Waals surface area contributed by atoms with Gasteiger partial charge in [-0.05, 0) is 19.4 Å². The van der Waals surface area contributed by atoms with Gasteiger partial charge in [0.2, 0.25) is 0 Å². The number of benzene rings is 1. The van der Waals surface area contributed by atoms with Gasteiger partial charge in [-0.1, -0.05) is 25.1 Å². The van der Waals surface area contributed by atoms with Crippen LogP contribution in [0.25, 0.3) is 22.4 Å². The molecule has 0 radical (unpaired) electrons. The molecule has 0 aliphatic carbocycles. The summed E-state index contributed by atoms with van der Waals surface area (Å²) >= 11 is 0. The molecule has 0 amide bonds. The van der Waals surface area contributed by atoms with Crippen molar-refractivity contribution in [3.05, 3.63) is 42.3 Å². The molecule has 0 saturated heterocycles. The second kappa shape index (κ2) is 5.33. The number of aryl methyl sites for hydroxylation is 1. The van der Waals surface area contributed by atoms with E-state index in [2.05, 4.69) is 29.1 Å². The standard InChI is InChI=1S/C16H17N3O/c1-3-11-9-15(17-4-2)19-16(18-11)13-10-20-14-8-6-5-7-12(13)14/h5-10H,3-4H2,1-2H3,(H,17,18,19). The van der Waals surface area contributed by atoms with Crippen LogP contribution in [0.3, 0.4) is 0 Å². The van der Waals surface area contributed by atoms with Crippen LogP contribution in [0.5, 0.6) is 0 Å². The summed E-state index contributed by atoms with van der Waals surface area (Å²) in [6.45, 7) is 4.99. The molecule has 0 aliphatic heterocycles. The van der Waals surface area contributed by atoms with Gasteiger partial charge in [0.1, 0.15) is 17.7 Å². The molecular formula is C16H17N3O. The lowest BCUT2D eigenvalue weighted by molar-refractivity contribution is 0.616. The molecule has 1 N–H and O–H groups in total. The van der Waals surface area contributed by atoms with Crippen molar-refractivity contribution in [1.82, 2.24) is 9.97 Å². The highest BCUT2D eigenvalue weighted by Crippen LogP contribution is 2.29. The van der Waals surface area contributed by atoms with Crippen LogP contribution in [0, 0.1) is 0 Å². The Kier molecular flexibility index (Phi) is 3.37. The maximum atomic E-state index is 5.58. The van der Waals surface area contributed by atoms with Crippen LogP contribution in [-0.2, 0) is 6.42 Å². The number of anilines is 1. The van der Waals surface area contributed by atoms with Crippen LogP contribution in [0.4, 0.5) is 5.82 Å². The molecule has 0 atom stereocenters. The number of furan rings is 1. The predicted octanol–water partition coefficient (Wildman–Crippen LogP) is 3.88. The minimum absolute atomic E-state index is 0.713. The van der Waals surface area contributed by atoms with E-state index < -0.39 is 0 Å². The first-order valence-corrected chi connectivity index (χ1v) is 6.90. The topological polar surface area (TPSA) is 51.0 Å². The van der Waals surface area contributed by atoms with Crippen LogP contribution < -0.4 is 5.32 Å². The molecule has 0 unspecified atom stereocenters. The van der Waals surface area contributed by atoms with Gasteiger partial charge in [-0.15, -0.1) is 0 Å². The zero-order valence-electron chi connectivity index (χ0n) is 11.7. The summed E-state index contributed by atoms with van der Waals surface area (Å²) in [7, 11) is 0. The first kappa shape index (κ1) is 12.7. The third-order valence-corrected chi connectivity index (χ3v) is 3.22. The number of nitrogens with one attached hydrogen (secondary N) is 1. The van der Waals surface area contributed by atoms with E-state index in [0.29, 0.717) is 5.82 Å². The van der Waals surface area contributed by atoms with Crippen molar-refractivity contribution in [2.75, 3.05) is 11.9 Å². The average Bonchev–Trinajstić information content (AvgIpc) is 2.91. The number of hydrogen-bond donors (Lipinski definition) is 1. The lowest BCUT2D eigenvalue weighted by Gasteiger charge is -2.07. The minimum atomic E-state index is 0.713. The van der Waals surface area contributed by atoms with Gasteiger partial charge in [0, 0.05) is 23.7 Å².